The summed E-state index contributed by atoms with van der Waals surface area (Å²) in [6, 6.07) is 1.52. The molecular weight excluding hydrogens is 248 g/mol. The molecule has 1 N–H and O–H groups in total. The molecule has 116 valence electrons. The van der Waals surface area contributed by atoms with Crippen molar-refractivity contribution in [2.75, 3.05) is 32.8 Å². The Morgan fingerprint density at radius 3 is 2.60 bits per heavy atom. The molecule has 20 heavy (non-hydrogen) atoms. The van der Waals surface area contributed by atoms with Gasteiger partial charge in [0, 0.05) is 44.9 Å². The van der Waals surface area contributed by atoms with E-state index in [2.05, 4.69) is 24.1 Å². The van der Waals surface area contributed by atoms with Crippen molar-refractivity contribution in [3.63, 3.8) is 0 Å². The summed E-state index contributed by atoms with van der Waals surface area (Å²) in [4.78, 5) is 2.85. The Bertz CT molecular complexity index is 297. The monoisotopic (exact) mass is 280 g/mol. The third kappa shape index (κ3) is 3.55. The molecule has 0 aromatic rings. The van der Waals surface area contributed by atoms with Gasteiger partial charge in [0.15, 0.2) is 0 Å². The summed E-state index contributed by atoms with van der Waals surface area (Å²) in [5, 5.41) is 3.84. The fourth-order valence-corrected chi connectivity index (χ4v) is 3.94. The molecule has 3 fully saturated rings. The first-order valence-corrected chi connectivity index (χ1v) is 8.83. The maximum atomic E-state index is 5.52. The predicted molar refractivity (Wildman–Crippen MR) is 82.9 cm³/mol. The van der Waals surface area contributed by atoms with Gasteiger partial charge in [0.05, 0.1) is 0 Å². The van der Waals surface area contributed by atoms with Gasteiger partial charge in [-0.25, -0.2) is 0 Å². The number of piperazine rings is 1. The van der Waals surface area contributed by atoms with Crippen LogP contribution in [-0.4, -0.2) is 49.8 Å². The number of rotatable bonds is 5. The Kier molecular flexibility index (Phi) is 5.00. The highest BCUT2D eigenvalue weighted by molar-refractivity contribution is 4.96. The van der Waals surface area contributed by atoms with Crippen LogP contribution in [0, 0.1) is 17.8 Å². The van der Waals surface area contributed by atoms with E-state index < -0.39 is 0 Å². The molecule has 0 bridgehead atoms. The van der Waals surface area contributed by atoms with E-state index >= 15 is 0 Å². The number of hydrogen-bond donors (Lipinski definition) is 1. The normalized spacial score (nSPS) is 35.1. The van der Waals surface area contributed by atoms with Gasteiger partial charge in [0.2, 0.25) is 0 Å². The van der Waals surface area contributed by atoms with Gasteiger partial charge in [-0.2, -0.15) is 0 Å². The number of hydrogen-bond acceptors (Lipinski definition) is 3. The lowest BCUT2D eigenvalue weighted by Crippen LogP contribution is -2.60. The van der Waals surface area contributed by atoms with Crippen LogP contribution in [0.15, 0.2) is 0 Å². The van der Waals surface area contributed by atoms with Crippen LogP contribution in [0.5, 0.6) is 0 Å². The fourth-order valence-electron chi connectivity index (χ4n) is 3.94. The molecule has 0 radical (unpaired) electrons. The average molecular weight is 280 g/mol. The molecule has 3 heteroatoms. The van der Waals surface area contributed by atoms with Crippen LogP contribution in [-0.2, 0) is 4.74 Å². The molecule has 2 saturated heterocycles. The lowest BCUT2D eigenvalue weighted by Gasteiger charge is -2.44. The smallest absolute Gasteiger partial charge is 0.0469 e. The summed E-state index contributed by atoms with van der Waals surface area (Å²) >= 11 is 0. The molecule has 0 aromatic heterocycles. The third-order valence-electron chi connectivity index (χ3n) is 5.82. The van der Waals surface area contributed by atoms with Gasteiger partial charge >= 0.3 is 0 Å². The van der Waals surface area contributed by atoms with Crippen molar-refractivity contribution >= 4 is 0 Å². The minimum Gasteiger partial charge on any atom is -0.381 e. The van der Waals surface area contributed by atoms with Crippen LogP contribution in [0.25, 0.3) is 0 Å². The van der Waals surface area contributed by atoms with Crippen LogP contribution < -0.4 is 5.32 Å². The van der Waals surface area contributed by atoms with Gasteiger partial charge < -0.3 is 10.1 Å². The van der Waals surface area contributed by atoms with Crippen LogP contribution in [0.1, 0.15) is 46.0 Å². The van der Waals surface area contributed by atoms with E-state index in [0.717, 1.165) is 37.0 Å². The minimum atomic E-state index is 0.704. The minimum absolute atomic E-state index is 0.704. The molecule has 3 nitrogen and oxygen atoms in total. The molecular formula is C17H32N2O. The molecule has 0 amide bonds. The summed E-state index contributed by atoms with van der Waals surface area (Å²) in [7, 11) is 0. The van der Waals surface area contributed by atoms with Crippen LogP contribution >= 0.6 is 0 Å². The SMILES string of the molecule is CCC(C)C1CN(CC2CCOCC2)C(C2CC2)CN1. The maximum absolute atomic E-state index is 5.52. The molecule has 1 saturated carbocycles. The van der Waals surface area contributed by atoms with Gasteiger partial charge in [-0.15, -0.1) is 0 Å². The first-order valence-electron chi connectivity index (χ1n) is 8.83. The van der Waals surface area contributed by atoms with E-state index in [-0.39, 0.29) is 0 Å². The van der Waals surface area contributed by atoms with Crippen molar-refractivity contribution in [1.82, 2.24) is 10.2 Å². The zero-order valence-electron chi connectivity index (χ0n) is 13.3. The second-order valence-corrected chi connectivity index (χ2v) is 7.31. The predicted octanol–water partition coefficient (Wildman–Crippen LogP) is 2.51. The molecule has 0 aromatic carbocycles. The van der Waals surface area contributed by atoms with Crippen LogP contribution in [0.2, 0.25) is 0 Å². The lowest BCUT2D eigenvalue weighted by atomic mass is 9.92. The highest BCUT2D eigenvalue weighted by Crippen LogP contribution is 2.37. The van der Waals surface area contributed by atoms with Gasteiger partial charge in [0.1, 0.15) is 0 Å². The van der Waals surface area contributed by atoms with Gasteiger partial charge in [-0.3, -0.25) is 4.90 Å². The molecule has 3 unspecified atom stereocenters. The lowest BCUT2D eigenvalue weighted by molar-refractivity contribution is 0.0275. The molecule has 2 heterocycles. The van der Waals surface area contributed by atoms with Crippen LogP contribution in [0.4, 0.5) is 0 Å². The standard InChI is InChI=1S/C17H32N2O/c1-3-13(2)16-12-19(11-14-6-8-20-9-7-14)17(10-18-16)15-4-5-15/h13-18H,3-12H2,1-2H3. The third-order valence-corrected chi connectivity index (χ3v) is 5.82. The summed E-state index contributed by atoms with van der Waals surface area (Å²) in [6.45, 7) is 10.5. The zero-order chi connectivity index (χ0) is 13.9. The summed E-state index contributed by atoms with van der Waals surface area (Å²) in [5.41, 5.74) is 0. The van der Waals surface area contributed by atoms with Gasteiger partial charge in [0.25, 0.3) is 0 Å². The topological polar surface area (TPSA) is 24.5 Å². The van der Waals surface area contributed by atoms with Crippen molar-refractivity contribution in [2.24, 2.45) is 17.8 Å². The van der Waals surface area contributed by atoms with E-state index in [9.17, 15) is 0 Å². The molecule has 3 atom stereocenters. The Hall–Kier alpha value is -0.120. The van der Waals surface area contributed by atoms with Crippen molar-refractivity contribution < 1.29 is 4.74 Å². The van der Waals surface area contributed by atoms with Gasteiger partial charge in [-0.05, 0) is 43.4 Å². The zero-order valence-corrected chi connectivity index (χ0v) is 13.3. The van der Waals surface area contributed by atoms with Crippen molar-refractivity contribution in [1.29, 1.82) is 0 Å². The number of nitrogens with zero attached hydrogens (tertiary/aromatic N) is 1. The van der Waals surface area contributed by atoms with Crippen molar-refractivity contribution in [3.8, 4) is 0 Å². The Balaban J connectivity index is 1.59. The quantitative estimate of drug-likeness (QED) is 0.837. The summed E-state index contributed by atoms with van der Waals surface area (Å²) in [5.74, 6) is 2.66. The summed E-state index contributed by atoms with van der Waals surface area (Å²) in [6.07, 6.45) is 6.76. The summed E-state index contributed by atoms with van der Waals surface area (Å²) < 4.78 is 5.52. The Labute approximate surface area is 124 Å². The first-order chi connectivity index (χ1) is 9.78. The fraction of sp³-hybridized carbons (Fsp3) is 1.00. The highest BCUT2D eigenvalue weighted by atomic mass is 16.5. The first kappa shape index (κ1) is 14.8. The van der Waals surface area contributed by atoms with Gasteiger partial charge in [-0.1, -0.05) is 20.3 Å². The Morgan fingerprint density at radius 2 is 1.95 bits per heavy atom. The van der Waals surface area contributed by atoms with E-state index in [0.29, 0.717) is 6.04 Å². The molecule has 2 aliphatic heterocycles. The van der Waals surface area contributed by atoms with Crippen molar-refractivity contribution in [3.05, 3.63) is 0 Å². The van der Waals surface area contributed by atoms with Crippen molar-refractivity contribution in [2.45, 2.75) is 58.0 Å². The largest absolute Gasteiger partial charge is 0.381 e. The van der Waals surface area contributed by atoms with E-state index in [4.69, 9.17) is 4.74 Å². The molecule has 0 spiro atoms. The van der Waals surface area contributed by atoms with E-state index in [1.165, 1.54) is 51.7 Å². The van der Waals surface area contributed by atoms with E-state index in [1.54, 1.807) is 0 Å². The maximum Gasteiger partial charge on any atom is 0.0469 e. The van der Waals surface area contributed by atoms with E-state index in [1.807, 2.05) is 0 Å². The molecule has 3 aliphatic rings. The van der Waals surface area contributed by atoms with Crippen LogP contribution in [0.3, 0.4) is 0 Å². The molecule has 3 rings (SSSR count). The average Bonchev–Trinajstić information content (AvgIpc) is 3.32. The Morgan fingerprint density at radius 1 is 1.20 bits per heavy atom. The second-order valence-electron chi connectivity index (χ2n) is 7.31. The number of nitrogens with one attached hydrogen (secondary N) is 1. The second kappa shape index (κ2) is 6.76. The number of ether oxygens (including phenoxy) is 1. The molecule has 1 aliphatic carbocycles. The highest BCUT2D eigenvalue weighted by Gasteiger charge is 2.40.